The zero-order valence-electron chi connectivity index (χ0n) is 15.1. The lowest BCUT2D eigenvalue weighted by atomic mass is 10.0. The Morgan fingerprint density at radius 2 is 2.00 bits per heavy atom. The average Bonchev–Trinajstić information content (AvgIpc) is 3.06. The van der Waals surface area contributed by atoms with Crippen molar-refractivity contribution in [3.63, 3.8) is 0 Å². The van der Waals surface area contributed by atoms with Crippen molar-refractivity contribution in [2.24, 2.45) is 0 Å². The van der Waals surface area contributed by atoms with Crippen LogP contribution in [0, 0.1) is 6.92 Å². The number of carbonyl (C=O) groups is 1. The van der Waals surface area contributed by atoms with E-state index in [-0.39, 0.29) is 5.91 Å². The SMILES string of the molecule is CCCN(Cc1ncc(C)o1)C1CCN(C(=O)c2ccccc2)CC1. The predicted molar refractivity (Wildman–Crippen MR) is 97.3 cm³/mol. The van der Waals surface area contributed by atoms with Crippen LogP contribution in [-0.2, 0) is 6.54 Å². The highest BCUT2D eigenvalue weighted by Gasteiger charge is 2.27. The van der Waals surface area contributed by atoms with Crippen molar-refractivity contribution < 1.29 is 9.21 Å². The average molecular weight is 341 g/mol. The molecule has 5 heteroatoms. The molecule has 1 aromatic carbocycles. The molecule has 1 aliphatic rings. The summed E-state index contributed by atoms with van der Waals surface area (Å²) in [5.41, 5.74) is 0.779. The lowest BCUT2D eigenvalue weighted by molar-refractivity contribution is 0.0593. The molecule has 1 saturated heterocycles. The number of aromatic nitrogens is 1. The summed E-state index contributed by atoms with van der Waals surface area (Å²) in [6, 6.07) is 10.0. The second-order valence-electron chi connectivity index (χ2n) is 6.72. The number of oxazole rings is 1. The van der Waals surface area contributed by atoms with Gasteiger partial charge < -0.3 is 9.32 Å². The molecule has 0 spiro atoms. The summed E-state index contributed by atoms with van der Waals surface area (Å²) in [5, 5.41) is 0. The van der Waals surface area contributed by atoms with Gasteiger partial charge in [0.2, 0.25) is 5.89 Å². The molecule has 3 rings (SSSR count). The van der Waals surface area contributed by atoms with Crippen LogP contribution < -0.4 is 0 Å². The van der Waals surface area contributed by atoms with Crippen molar-refractivity contribution >= 4 is 5.91 Å². The Kier molecular flexibility index (Phi) is 5.87. The molecule has 2 aromatic rings. The Labute approximate surface area is 149 Å². The van der Waals surface area contributed by atoms with Gasteiger partial charge >= 0.3 is 0 Å². The third-order valence-electron chi connectivity index (χ3n) is 4.81. The quantitative estimate of drug-likeness (QED) is 0.807. The first-order valence-corrected chi connectivity index (χ1v) is 9.17. The Balaban J connectivity index is 1.58. The highest BCUT2D eigenvalue weighted by molar-refractivity contribution is 5.94. The van der Waals surface area contributed by atoms with Gasteiger partial charge in [-0.2, -0.15) is 0 Å². The minimum Gasteiger partial charge on any atom is -0.445 e. The van der Waals surface area contributed by atoms with Crippen molar-refractivity contribution in [2.45, 2.75) is 45.7 Å². The summed E-state index contributed by atoms with van der Waals surface area (Å²) in [6.45, 7) is 7.51. The molecule has 0 unspecified atom stereocenters. The smallest absolute Gasteiger partial charge is 0.253 e. The van der Waals surface area contributed by atoms with E-state index in [1.807, 2.05) is 42.2 Å². The molecule has 1 aliphatic heterocycles. The third-order valence-corrected chi connectivity index (χ3v) is 4.81. The maximum Gasteiger partial charge on any atom is 0.253 e. The van der Waals surface area contributed by atoms with Crippen molar-refractivity contribution in [3.8, 4) is 0 Å². The molecule has 134 valence electrons. The molecule has 2 heterocycles. The Hall–Kier alpha value is -2.14. The normalized spacial score (nSPS) is 15.7. The van der Waals surface area contributed by atoms with Gasteiger partial charge in [-0.05, 0) is 44.9 Å². The maximum atomic E-state index is 12.6. The number of nitrogens with zero attached hydrogens (tertiary/aromatic N) is 3. The zero-order valence-corrected chi connectivity index (χ0v) is 15.1. The highest BCUT2D eigenvalue weighted by atomic mass is 16.4. The number of piperidine rings is 1. The van der Waals surface area contributed by atoms with Gasteiger partial charge in [-0.15, -0.1) is 0 Å². The van der Waals surface area contributed by atoms with E-state index in [1.165, 1.54) is 0 Å². The van der Waals surface area contributed by atoms with Crippen LogP contribution in [0.1, 0.15) is 48.2 Å². The lowest BCUT2D eigenvalue weighted by Crippen LogP contribution is -2.46. The minimum absolute atomic E-state index is 0.143. The number of carbonyl (C=O) groups excluding carboxylic acids is 1. The molecule has 25 heavy (non-hydrogen) atoms. The number of likely N-dealkylation sites (tertiary alicyclic amines) is 1. The van der Waals surface area contributed by atoms with E-state index < -0.39 is 0 Å². The van der Waals surface area contributed by atoms with Crippen molar-refractivity contribution in [1.82, 2.24) is 14.8 Å². The fourth-order valence-corrected chi connectivity index (χ4v) is 3.52. The minimum atomic E-state index is 0.143. The topological polar surface area (TPSA) is 49.6 Å². The monoisotopic (exact) mass is 341 g/mol. The molecule has 0 bridgehead atoms. The number of aryl methyl sites for hydroxylation is 1. The van der Waals surface area contributed by atoms with Crippen LogP contribution in [0.25, 0.3) is 0 Å². The van der Waals surface area contributed by atoms with Gasteiger partial charge in [0.15, 0.2) is 0 Å². The maximum absolute atomic E-state index is 12.6. The first-order valence-electron chi connectivity index (χ1n) is 9.17. The third kappa shape index (κ3) is 4.48. The van der Waals surface area contributed by atoms with Crippen molar-refractivity contribution in [3.05, 3.63) is 53.7 Å². The Morgan fingerprint density at radius 3 is 2.60 bits per heavy atom. The van der Waals surface area contributed by atoms with E-state index in [9.17, 15) is 4.79 Å². The van der Waals surface area contributed by atoms with Crippen LogP contribution in [0.2, 0.25) is 0 Å². The summed E-state index contributed by atoms with van der Waals surface area (Å²) in [5.74, 6) is 1.79. The number of amides is 1. The molecule has 5 nitrogen and oxygen atoms in total. The molecule has 0 N–H and O–H groups in total. The van der Waals surface area contributed by atoms with Crippen LogP contribution in [0.4, 0.5) is 0 Å². The first-order chi connectivity index (χ1) is 12.2. The molecular formula is C20H27N3O2. The molecule has 0 aliphatic carbocycles. The molecule has 1 fully saturated rings. The summed E-state index contributed by atoms with van der Waals surface area (Å²) < 4.78 is 5.65. The standard InChI is InChI=1S/C20H27N3O2/c1-3-11-23(15-19-21-14-16(2)25-19)18-9-12-22(13-10-18)20(24)17-7-5-4-6-8-17/h4-8,14,18H,3,9-13,15H2,1-2H3. The first kappa shape index (κ1) is 17.7. The second-order valence-corrected chi connectivity index (χ2v) is 6.72. The van der Waals surface area contributed by atoms with Crippen LogP contribution in [0.5, 0.6) is 0 Å². The fourth-order valence-electron chi connectivity index (χ4n) is 3.52. The number of hydrogen-bond donors (Lipinski definition) is 0. The fraction of sp³-hybridized carbons (Fsp3) is 0.500. The van der Waals surface area contributed by atoms with Gasteiger partial charge in [0.05, 0.1) is 12.7 Å². The van der Waals surface area contributed by atoms with Crippen LogP contribution in [0.15, 0.2) is 40.9 Å². The molecular weight excluding hydrogens is 314 g/mol. The van der Waals surface area contributed by atoms with Gasteiger partial charge in [-0.3, -0.25) is 9.69 Å². The lowest BCUT2D eigenvalue weighted by Gasteiger charge is -2.38. The number of rotatable bonds is 6. The predicted octanol–water partition coefficient (Wildman–Crippen LogP) is 3.50. The number of hydrogen-bond acceptors (Lipinski definition) is 4. The zero-order chi connectivity index (χ0) is 17.6. The summed E-state index contributed by atoms with van der Waals surface area (Å²) in [6.07, 6.45) is 4.87. The van der Waals surface area contributed by atoms with Crippen molar-refractivity contribution in [1.29, 1.82) is 0 Å². The van der Waals surface area contributed by atoms with E-state index in [0.29, 0.717) is 6.04 Å². The molecule has 1 amide bonds. The van der Waals surface area contributed by atoms with E-state index >= 15 is 0 Å². The molecule has 1 aromatic heterocycles. The van der Waals surface area contributed by atoms with Gasteiger partial charge in [-0.25, -0.2) is 4.98 Å². The highest BCUT2D eigenvalue weighted by Crippen LogP contribution is 2.21. The Bertz CT molecular complexity index is 675. The van der Waals surface area contributed by atoms with Crippen LogP contribution in [-0.4, -0.2) is 46.4 Å². The van der Waals surface area contributed by atoms with E-state index in [0.717, 1.165) is 62.7 Å². The van der Waals surface area contributed by atoms with Gasteiger partial charge in [0.25, 0.3) is 5.91 Å². The Morgan fingerprint density at radius 1 is 1.28 bits per heavy atom. The molecule has 0 atom stereocenters. The number of benzene rings is 1. The van der Waals surface area contributed by atoms with Crippen LogP contribution in [0.3, 0.4) is 0 Å². The summed E-state index contributed by atoms with van der Waals surface area (Å²) >= 11 is 0. The van der Waals surface area contributed by atoms with Crippen molar-refractivity contribution in [2.75, 3.05) is 19.6 Å². The largest absolute Gasteiger partial charge is 0.445 e. The van der Waals surface area contributed by atoms with Gasteiger partial charge in [0.1, 0.15) is 5.76 Å². The van der Waals surface area contributed by atoms with E-state index in [1.54, 1.807) is 6.20 Å². The summed E-state index contributed by atoms with van der Waals surface area (Å²) in [7, 11) is 0. The van der Waals surface area contributed by atoms with Crippen LogP contribution >= 0.6 is 0 Å². The van der Waals surface area contributed by atoms with E-state index in [4.69, 9.17) is 4.42 Å². The summed E-state index contributed by atoms with van der Waals surface area (Å²) in [4.78, 5) is 21.4. The molecule has 0 saturated carbocycles. The van der Waals surface area contributed by atoms with Gasteiger partial charge in [0, 0.05) is 24.7 Å². The van der Waals surface area contributed by atoms with Gasteiger partial charge in [-0.1, -0.05) is 25.1 Å². The second kappa shape index (κ2) is 8.30. The molecule has 0 radical (unpaired) electrons. The van der Waals surface area contributed by atoms with E-state index in [2.05, 4.69) is 16.8 Å².